The van der Waals surface area contributed by atoms with Crippen LogP contribution in [-0.4, -0.2) is 55.2 Å². The summed E-state index contributed by atoms with van der Waals surface area (Å²) in [6.07, 6.45) is 0.162. The van der Waals surface area contributed by atoms with E-state index in [1.54, 1.807) is 0 Å². The minimum Gasteiger partial charge on any atom is -0.378 e. The maximum atomic E-state index is 12.0. The van der Waals surface area contributed by atoms with Gasteiger partial charge in [-0.1, -0.05) is 5.59 Å². The maximum absolute atomic E-state index is 12.0. The summed E-state index contributed by atoms with van der Waals surface area (Å²) in [4.78, 5) is 29.6. The molecule has 1 fully saturated rings. The highest BCUT2D eigenvalue weighted by Crippen LogP contribution is 2.08. The van der Waals surface area contributed by atoms with Gasteiger partial charge in [-0.2, -0.15) is 0 Å². The molecule has 0 aliphatic carbocycles. The quantitative estimate of drug-likeness (QED) is 0.401. The van der Waals surface area contributed by atoms with Gasteiger partial charge in [0.15, 0.2) is 0 Å². The Morgan fingerprint density at radius 3 is 2.89 bits per heavy atom. The lowest BCUT2D eigenvalue weighted by Crippen LogP contribution is -2.55. The monoisotopic (exact) mass is 274 g/mol. The van der Waals surface area contributed by atoms with Gasteiger partial charge >= 0.3 is 5.97 Å². The SMILES string of the molecule is CC(C)NC(=O)C1COCCN1CCC(=O)ONN. The van der Waals surface area contributed by atoms with E-state index in [0.29, 0.717) is 26.3 Å². The van der Waals surface area contributed by atoms with Crippen molar-refractivity contribution in [2.24, 2.45) is 5.84 Å². The standard InChI is InChI=1S/C11H22N4O4/c1-8(2)13-11(17)9-7-18-6-5-15(9)4-3-10(16)19-14-12/h8-9,14H,3-7,12H2,1-2H3,(H,13,17). The highest BCUT2D eigenvalue weighted by molar-refractivity contribution is 5.82. The largest absolute Gasteiger partial charge is 0.378 e. The summed E-state index contributed by atoms with van der Waals surface area (Å²) in [5.41, 5.74) is 1.84. The van der Waals surface area contributed by atoms with E-state index in [9.17, 15) is 9.59 Å². The number of hydrogen-bond acceptors (Lipinski definition) is 7. The van der Waals surface area contributed by atoms with Gasteiger partial charge < -0.3 is 14.9 Å². The van der Waals surface area contributed by atoms with E-state index < -0.39 is 5.97 Å². The van der Waals surface area contributed by atoms with Crippen LogP contribution in [0, 0.1) is 0 Å². The zero-order valence-corrected chi connectivity index (χ0v) is 11.3. The summed E-state index contributed by atoms with van der Waals surface area (Å²) in [5, 5.41) is 2.85. The molecule has 0 saturated carbocycles. The Labute approximate surface area is 112 Å². The van der Waals surface area contributed by atoms with Crippen LogP contribution in [0.25, 0.3) is 0 Å². The van der Waals surface area contributed by atoms with E-state index in [2.05, 4.69) is 10.2 Å². The number of nitrogens with one attached hydrogen (secondary N) is 2. The fraction of sp³-hybridized carbons (Fsp3) is 0.818. The molecule has 0 radical (unpaired) electrons. The van der Waals surface area contributed by atoms with Gasteiger partial charge in [-0.3, -0.25) is 14.5 Å². The Bertz CT molecular complexity index is 311. The smallest absolute Gasteiger partial charge is 0.327 e. The molecule has 0 aromatic heterocycles. The van der Waals surface area contributed by atoms with E-state index >= 15 is 0 Å². The van der Waals surface area contributed by atoms with Gasteiger partial charge in [0.05, 0.1) is 19.6 Å². The summed E-state index contributed by atoms with van der Waals surface area (Å²) in [7, 11) is 0. The van der Waals surface area contributed by atoms with Gasteiger partial charge in [-0.25, -0.2) is 5.84 Å². The second-order valence-corrected chi connectivity index (χ2v) is 4.63. The molecule has 4 N–H and O–H groups in total. The van der Waals surface area contributed by atoms with Crippen molar-refractivity contribution >= 4 is 11.9 Å². The third-order valence-corrected chi connectivity index (χ3v) is 2.75. The first kappa shape index (κ1) is 15.8. The summed E-state index contributed by atoms with van der Waals surface area (Å²) in [6.45, 7) is 5.73. The van der Waals surface area contributed by atoms with Crippen LogP contribution in [0.5, 0.6) is 0 Å². The van der Waals surface area contributed by atoms with E-state index in [1.807, 2.05) is 24.3 Å². The maximum Gasteiger partial charge on any atom is 0.327 e. The molecular formula is C11H22N4O4. The molecule has 1 rings (SSSR count). The molecule has 1 unspecified atom stereocenters. The van der Waals surface area contributed by atoms with Crippen molar-refractivity contribution in [2.45, 2.75) is 32.4 Å². The number of morpholine rings is 1. The second kappa shape index (κ2) is 8.05. The van der Waals surface area contributed by atoms with Crippen molar-refractivity contribution in [1.82, 2.24) is 15.8 Å². The highest BCUT2D eigenvalue weighted by atomic mass is 16.7. The number of amides is 1. The number of nitrogens with zero attached hydrogens (tertiary/aromatic N) is 1. The van der Waals surface area contributed by atoms with Crippen molar-refractivity contribution < 1.29 is 19.2 Å². The van der Waals surface area contributed by atoms with Crippen LogP contribution >= 0.6 is 0 Å². The second-order valence-electron chi connectivity index (χ2n) is 4.63. The van der Waals surface area contributed by atoms with Crippen LogP contribution in [-0.2, 0) is 19.2 Å². The first-order chi connectivity index (χ1) is 9.04. The van der Waals surface area contributed by atoms with E-state index in [4.69, 9.17) is 10.6 Å². The molecule has 0 aromatic carbocycles. The summed E-state index contributed by atoms with van der Waals surface area (Å²) >= 11 is 0. The Kier molecular flexibility index (Phi) is 6.71. The lowest BCUT2D eigenvalue weighted by molar-refractivity contribution is -0.153. The first-order valence-electron chi connectivity index (χ1n) is 6.32. The van der Waals surface area contributed by atoms with Crippen LogP contribution < -0.4 is 16.7 Å². The van der Waals surface area contributed by atoms with E-state index in [1.165, 1.54) is 0 Å². The molecule has 1 heterocycles. The number of carbonyl (C=O) groups excluding carboxylic acids is 2. The number of hydrogen-bond donors (Lipinski definition) is 3. The molecule has 8 heteroatoms. The van der Waals surface area contributed by atoms with Crippen molar-refractivity contribution in [3.63, 3.8) is 0 Å². The van der Waals surface area contributed by atoms with Crippen molar-refractivity contribution in [2.75, 3.05) is 26.3 Å². The molecule has 8 nitrogen and oxygen atoms in total. The van der Waals surface area contributed by atoms with Crippen molar-refractivity contribution in [3.8, 4) is 0 Å². The fourth-order valence-electron chi connectivity index (χ4n) is 1.88. The Morgan fingerprint density at radius 1 is 1.53 bits per heavy atom. The highest BCUT2D eigenvalue weighted by Gasteiger charge is 2.29. The minimum atomic E-state index is -0.461. The molecule has 1 atom stereocenters. The predicted molar refractivity (Wildman–Crippen MR) is 67.5 cm³/mol. The molecule has 1 saturated heterocycles. The average molecular weight is 274 g/mol. The van der Waals surface area contributed by atoms with Crippen LogP contribution in [0.1, 0.15) is 20.3 Å². The van der Waals surface area contributed by atoms with Gasteiger partial charge in [-0.05, 0) is 13.8 Å². The summed E-state index contributed by atoms with van der Waals surface area (Å²) < 4.78 is 5.32. The van der Waals surface area contributed by atoms with Gasteiger partial charge in [0, 0.05) is 19.1 Å². The molecule has 19 heavy (non-hydrogen) atoms. The van der Waals surface area contributed by atoms with Crippen molar-refractivity contribution in [1.29, 1.82) is 0 Å². The Morgan fingerprint density at radius 2 is 2.26 bits per heavy atom. The molecule has 1 aliphatic heterocycles. The first-order valence-corrected chi connectivity index (χ1v) is 6.32. The lowest BCUT2D eigenvalue weighted by Gasteiger charge is -2.34. The summed E-state index contributed by atoms with van der Waals surface area (Å²) in [5.74, 6) is 4.33. The third-order valence-electron chi connectivity index (χ3n) is 2.75. The number of carbonyl (C=O) groups is 2. The lowest BCUT2D eigenvalue weighted by atomic mass is 10.2. The molecule has 0 spiro atoms. The Hall–Kier alpha value is -1.22. The van der Waals surface area contributed by atoms with E-state index in [-0.39, 0.29) is 24.4 Å². The zero-order valence-electron chi connectivity index (χ0n) is 11.3. The van der Waals surface area contributed by atoms with E-state index in [0.717, 1.165) is 0 Å². The molecule has 1 aliphatic rings. The summed E-state index contributed by atoms with van der Waals surface area (Å²) in [6, 6.07) is -0.294. The number of rotatable bonds is 6. The zero-order chi connectivity index (χ0) is 14.3. The average Bonchev–Trinajstić information content (AvgIpc) is 2.36. The van der Waals surface area contributed by atoms with Gasteiger partial charge in [0.25, 0.3) is 0 Å². The van der Waals surface area contributed by atoms with Crippen LogP contribution in [0.3, 0.4) is 0 Å². The van der Waals surface area contributed by atoms with Gasteiger partial charge in [0.2, 0.25) is 5.91 Å². The molecule has 110 valence electrons. The van der Waals surface area contributed by atoms with Gasteiger partial charge in [0.1, 0.15) is 6.04 Å². The minimum absolute atomic E-state index is 0.0719. The fourth-order valence-corrected chi connectivity index (χ4v) is 1.88. The molecule has 0 aromatic rings. The molecular weight excluding hydrogens is 252 g/mol. The van der Waals surface area contributed by atoms with Crippen molar-refractivity contribution in [3.05, 3.63) is 0 Å². The van der Waals surface area contributed by atoms with Gasteiger partial charge in [-0.15, -0.1) is 0 Å². The topological polar surface area (TPSA) is 106 Å². The predicted octanol–water partition coefficient (Wildman–Crippen LogP) is -1.48. The van der Waals surface area contributed by atoms with Crippen LogP contribution in [0.15, 0.2) is 0 Å². The Balaban J connectivity index is 2.47. The number of ether oxygens (including phenoxy) is 1. The molecule has 0 bridgehead atoms. The normalized spacial score (nSPS) is 20.3. The van der Waals surface area contributed by atoms with Crippen LogP contribution in [0.4, 0.5) is 0 Å². The molecule has 1 amide bonds. The number of nitrogens with two attached hydrogens (primary N) is 1. The third kappa shape index (κ3) is 5.52. The van der Waals surface area contributed by atoms with Crippen LogP contribution in [0.2, 0.25) is 0 Å². The number of hydrazine groups is 1.